The van der Waals surface area contributed by atoms with Crippen LogP contribution >= 0.6 is 0 Å². The fourth-order valence-corrected chi connectivity index (χ4v) is 2.49. The number of benzene rings is 1. The molecule has 1 aliphatic rings. The van der Waals surface area contributed by atoms with Gasteiger partial charge >= 0.3 is 0 Å². The van der Waals surface area contributed by atoms with E-state index in [0.717, 1.165) is 18.9 Å². The monoisotopic (exact) mass is 356 g/mol. The van der Waals surface area contributed by atoms with Crippen molar-refractivity contribution in [2.24, 2.45) is 0 Å². The predicted octanol–water partition coefficient (Wildman–Crippen LogP) is 2.63. The summed E-state index contributed by atoms with van der Waals surface area (Å²) in [7, 11) is 1.53. The first-order valence-electron chi connectivity index (χ1n) is 7.95. The molecule has 8 nitrogen and oxygen atoms in total. The molecule has 0 unspecified atom stereocenters. The number of halogens is 2. The molecule has 0 aliphatic heterocycles. The zero-order chi connectivity index (χ0) is 18.3. The highest BCUT2D eigenvalue weighted by Crippen LogP contribution is 2.28. The summed E-state index contributed by atoms with van der Waals surface area (Å²) >= 11 is 0. The second-order valence-corrected chi connectivity index (χ2v) is 5.88. The molecule has 0 bridgehead atoms. The van der Waals surface area contributed by atoms with Gasteiger partial charge in [0.1, 0.15) is 17.7 Å². The summed E-state index contributed by atoms with van der Waals surface area (Å²) in [5.74, 6) is -0.983. The molecular weight excluding hydrogens is 342 g/mol. The van der Waals surface area contributed by atoms with Crippen LogP contribution in [0.15, 0.2) is 18.3 Å². The number of anilines is 4. The van der Waals surface area contributed by atoms with Gasteiger partial charge in [-0.15, -0.1) is 5.10 Å². The van der Waals surface area contributed by atoms with Crippen LogP contribution in [0, 0.1) is 23.0 Å². The van der Waals surface area contributed by atoms with Crippen LogP contribution in [0.2, 0.25) is 0 Å². The van der Waals surface area contributed by atoms with Crippen molar-refractivity contribution in [2.45, 2.75) is 18.9 Å². The van der Waals surface area contributed by atoms with Gasteiger partial charge in [-0.1, -0.05) is 0 Å². The van der Waals surface area contributed by atoms with Crippen molar-refractivity contribution in [3.8, 4) is 6.07 Å². The van der Waals surface area contributed by atoms with E-state index in [9.17, 15) is 14.0 Å². The van der Waals surface area contributed by atoms with Crippen molar-refractivity contribution < 1.29 is 8.78 Å². The van der Waals surface area contributed by atoms with E-state index in [-0.39, 0.29) is 23.0 Å². The zero-order valence-electron chi connectivity index (χ0n) is 13.7. The first-order valence-corrected chi connectivity index (χ1v) is 7.95. The van der Waals surface area contributed by atoms with E-state index in [1.165, 1.54) is 23.8 Å². The summed E-state index contributed by atoms with van der Waals surface area (Å²) in [6, 6.07) is 4.34. The Hall–Kier alpha value is -3.48. The maximum Gasteiger partial charge on any atom is 0.247 e. The van der Waals surface area contributed by atoms with Gasteiger partial charge in [0.2, 0.25) is 5.95 Å². The molecule has 4 rings (SSSR count). The number of nitrogens with zero attached hydrogens (tertiary/aromatic N) is 5. The van der Waals surface area contributed by atoms with Crippen LogP contribution in [0.1, 0.15) is 18.5 Å². The number of nitrogens with one attached hydrogen (secondary N) is 3. The summed E-state index contributed by atoms with van der Waals surface area (Å²) in [6.45, 7) is 0. The van der Waals surface area contributed by atoms with Gasteiger partial charge in [0.05, 0.1) is 17.6 Å². The SMILES string of the molecule is CNc1cc(Nc2nc(NC3CC3)c3ncc(C#N)n3n2)c(F)cc1F. The maximum absolute atomic E-state index is 14.1. The smallest absolute Gasteiger partial charge is 0.247 e. The zero-order valence-corrected chi connectivity index (χ0v) is 13.7. The summed E-state index contributed by atoms with van der Waals surface area (Å²) in [5, 5.41) is 22.0. The Kier molecular flexibility index (Phi) is 3.76. The van der Waals surface area contributed by atoms with Gasteiger partial charge in [0.25, 0.3) is 0 Å². The molecule has 1 fully saturated rings. The number of aromatic nitrogens is 4. The van der Waals surface area contributed by atoms with Crippen LogP contribution in [0.5, 0.6) is 0 Å². The number of fused-ring (bicyclic) bond motifs is 1. The third-order valence-electron chi connectivity index (χ3n) is 3.97. The van der Waals surface area contributed by atoms with Crippen LogP contribution in [-0.4, -0.2) is 32.7 Å². The van der Waals surface area contributed by atoms with Gasteiger partial charge in [-0.05, 0) is 18.9 Å². The molecule has 2 heterocycles. The van der Waals surface area contributed by atoms with Crippen molar-refractivity contribution in [3.05, 3.63) is 35.7 Å². The lowest BCUT2D eigenvalue weighted by atomic mass is 10.2. The highest BCUT2D eigenvalue weighted by atomic mass is 19.1. The second kappa shape index (κ2) is 6.11. The molecule has 0 amide bonds. The Bertz CT molecular complexity index is 1030. The molecule has 0 spiro atoms. The average molecular weight is 356 g/mol. The Morgan fingerprint density at radius 3 is 2.69 bits per heavy atom. The Labute approximate surface area is 146 Å². The van der Waals surface area contributed by atoms with E-state index >= 15 is 0 Å². The van der Waals surface area contributed by atoms with Crippen molar-refractivity contribution in [1.82, 2.24) is 19.6 Å². The molecular formula is C16H14F2N8. The topological polar surface area (TPSA) is 103 Å². The molecule has 3 N–H and O–H groups in total. The van der Waals surface area contributed by atoms with Gasteiger partial charge in [-0.3, -0.25) is 0 Å². The van der Waals surface area contributed by atoms with Crippen LogP contribution < -0.4 is 16.0 Å². The standard InChI is InChI=1S/C16H14F2N8/c1-20-12-5-13(11(18)4-10(12)17)23-16-24-14(22-8-2-3-8)15-21-7-9(6-19)26(15)25-16/h4-5,7-8,20H,2-3H2,1H3,(H2,22,23,24,25). The minimum Gasteiger partial charge on any atom is -0.386 e. The highest BCUT2D eigenvalue weighted by molar-refractivity contribution is 5.68. The second-order valence-electron chi connectivity index (χ2n) is 5.88. The number of rotatable bonds is 5. The van der Waals surface area contributed by atoms with E-state index in [0.29, 0.717) is 17.5 Å². The molecule has 2 aromatic heterocycles. The van der Waals surface area contributed by atoms with E-state index in [1.54, 1.807) is 0 Å². The average Bonchev–Trinajstić information content (AvgIpc) is 3.34. The molecule has 1 saturated carbocycles. The van der Waals surface area contributed by atoms with Gasteiger partial charge in [0.15, 0.2) is 17.2 Å². The van der Waals surface area contributed by atoms with Gasteiger partial charge < -0.3 is 16.0 Å². The number of hydrogen-bond acceptors (Lipinski definition) is 7. The summed E-state index contributed by atoms with van der Waals surface area (Å²) in [6.07, 6.45) is 3.43. The first-order chi connectivity index (χ1) is 12.6. The molecule has 132 valence electrons. The molecule has 0 saturated heterocycles. The Balaban J connectivity index is 1.78. The molecule has 1 aromatic carbocycles. The van der Waals surface area contributed by atoms with E-state index in [2.05, 4.69) is 31.0 Å². The highest BCUT2D eigenvalue weighted by Gasteiger charge is 2.24. The van der Waals surface area contributed by atoms with Crippen molar-refractivity contribution in [1.29, 1.82) is 5.26 Å². The van der Waals surface area contributed by atoms with Crippen LogP contribution in [0.3, 0.4) is 0 Å². The number of nitriles is 1. The molecule has 0 radical (unpaired) electrons. The number of hydrogen-bond donors (Lipinski definition) is 3. The van der Waals surface area contributed by atoms with E-state index in [1.807, 2.05) is 6.07 Å². The summed E-state index contributed by atoms with van der Waals surface area (Å²) in [5.41, 5.74) is 0.770. The summed E-state index contributed by atoms with van der Waals surface area (Å²) < 4.78 is 29.1. The van der Waals surface area contributed by atoms with Gasteiger partial charge in [0, 0.05) is 19.2 Å². The van der Waals surface area contributed by atoms with Crippen molar-refractivity contribution >= 4 is 28.8 Å². The van der Waals surface area contributed by atoms with Crippen molar-refractivity contribution in [3.63, 3.8) is 0 Å². The first kappa shape index (κ1) is 16.0. The Morgan fingerprint density at radius 1 is 1.23 bits per heavy atom. The Morgan fingerprint density at radius 2 is 2.00 bits per heavy atom. The number of imidazole rings is 1. The lowest BCUT2D eigenvalue weighted by Crippen LogP contribution is -2.11. The van der Waals surface area contributed by atoms with Crippen LogP contribution in [0.25, 0.3) is 5.65 Å². The fourth-order valence-electron chi connectivity index (χ4n) is 2.49. The van der Waals surface area contributed by atoms with E-state index < -0.39 is 11.6 Å². The lowest BCUT2D eigenvalue weighted by molar-refractivity contribution is 0.588. The van der Waals surface area contributed by atoms with Crippen molar-refractivity contribution in [2.75, 3.05) is 23.0 Å². The third-order valence-corrected chi connectivity index (χ3v) is 3.97. The minimum atomic E-state index is -0.784. The van der Waals surface area contributed by atoms with Gasteiger partial charge in [-0.25, -0.2) is 13.8 Å². The largest absolute Gasteiger partial charge is 0.386 e. The van der Waals surface area contributed by atoms with E-state index in [4.69, 9.17) is 0 Å². The lowest BCUT2D eigenvalue weighted by Gasteiger charge is -2.12. The fraction of sp³-hybridized carbons (Fsp3) is 0.250. The molecule has 1 aliphatic carbocycles. The molecule has 10 heteroatoms. The normalized spacial score (nSPS) is 13.5. The molecule has 0 atom stereocenters. The quantitative estimate of drug-likeness (QED) is 0.646. The molecule has 3 aromatic rings. The molecule has 26 heavy (non-hydrogen) atoms. The maximum atomic E-state index is 14.1. The predicted molar refractivity (Wildman–Crippen MR) is 91.3 cm³/mol. The third kappa shape index (κ3) is 2.83. The summed E-state index contributed by atoms with van der Waals surface area (Å²) in [4.78, 5) is 8.50. The van der Waals surface area contributed by atoms with Crippen LogP contribution in [0.4, 0.5) is 31.9 Å². The van der Waals surface area contributed by atoms with Gasteiger partial charge in [-0.2, -0.15) is 14.8 Å². The minimum absolute atomic E-state index is 0.00564. The van der Waals surface area contributed by atoms with Crippen LogP contribution in [-0.2, 0) is 0 Å².